The zero-order valence-electron chi connectivity index (χ0n) is 10.3. The molecule has 0 aliphatic heterocycles. The van der Waals surface area contributed by atoms with E-state index in [0.717, 1.165) is 22.5 Å². The molecule has 0 saturated heterocycles. The Balaban J connectivity index is 2.46. The van der Waals surface area contributed by atoms with Crippen LogP contribution < -0.4 is 0 Å². The number of carboxylic acid groups (broad SMARTS) is 1. The first-order valence-corrected chi connectivity index (χ1v) is 6.91. The Morgan fingerprint density at radius 3 is 2.67 bits per heavy atom. The maximum atomic E-state index is 12.7. The van der Waals surface area contributed by atoms with E-state index in [0.29, 0.717) is 10.7 Å². The molecule has 0 amide bonds. The summed E-state index contributed by atoms with van der Waals surface area (Å²) in [5.74, 6) is -1.50. The highest BCUT2D eigenvalue weighted by Crippen LogP contribution is 2.33. The van der Waals surface area contributed by atoms with Crippen LogP contribution in [0.4, 0.5) is 13.2 Å². The Kier molecular flexibility index (Phi) is 4.48. The molecule has 0 atom stereocenters. The topological polar surface area (TPSA) is 55.1 Å². The molecular weight excluding hydrogens is 329 g/mol. The summed E-state index contributed by atoms with van der Waals surface area (Å²) in [6.07, 6.45) is -4.61. The normalized spacial score (nSPS) is 11.6. The van der Waals surface area contributed by atoms with Crippen molar-refractivity contribution in [2.24, 2.45) is 0 Å². The first kappa shape index (κ1) is 15.7. The molecule has 0 aliphatic carbocycles. The monoisotopic (exact) mass is 336 g/mol. The van der Waals surface area contributed by atoms with Gasteiger partial charge in [0.05, 0.1) is 11.4 Å². The van der Waals surface area contributed by atoms with Gasteiger partial charge in [-0.05, 0) is 18.2 Å². The number of alkyl halides is 3. The smallest absolute Gasteiger partial charge is 0.435 e. The average Bonchev–Trinajstić information content (AvgIpc) is 2.80. The van der Waals surface area contributed by atoms with Crippen molar-refractivity contribution in [3.63, 3.8) is 0 Å². The minimum Gasteiger partial charge on any atom is -0.481 e. The fraction of sp³-hybridized carbons (Fsp3) is 0.167. The van der Waals surface area contributed by atoms with Crippen molar-refractivity contribution in [1.82, 2.24) is 9.78 Å². The van der Waals surface area contributed by atoms with Crippen LogP contribution >= 0.6 is 23.4 Å². The van der Waals surface area contributed by atoms with Crippen molar-refractivity contribution in [3.8, 4) is 5.69 Å². The van der Waals surface area contributed by atoms with Crippen LogP contribution in [0.25, 0.3) is 5.69 Å². The number of benzene rings is 1. The minimum absolute atomic E-state index is 0.0759. The molecule has 4 nitrogen and oxygen atoms in total. The van der Waals surface area contributed by atoms with Crippen LogP contribution in [-0.2, 0) is 11.0 Å². The summed E-state index contributed by atoms with van der Waals surface area (Å²) < 4.78 is 39.3. The van der Waals surface area contributed by atoms with Gasteiger partial charge in [-0.1, -0.05) is 29.4 Å². The molecule has 2 rings (SSSR count). The van der Waals surface area contributed by atoms with Crippen LogP contribution in [0, 0.1) is 0 Å². The van der Waals surface area contributed by atoms with Crippen molar-refractivity contribution in [2.75, 3.05) is 5.75 Å². The largest absolute Gasteiger partial charge is 0.481 e. The van der Waals surface area contributed by atoms with Crippen molar-refractivity contribution in [3.05, 3.63) is 41.0 Å². The van der Waals surface area contributed by atoms with E-state index < -0.39 is 17.8 Å². The molecule has 2 aromatic rings. The number of hydrogen-bond acceptors (Lipinski definition) is 3. The molecular formula is C12H8ClF3N2O2S. The molecule has 1 aromatic heterocycles. The Morgan fingerprint density at radius 1 is 1.38 bits per heavy atom. The van der Waals surface area contributed by atoms with Crippen molar-refractivity contribution in [2.45, 2.75) is 11.2 Å². The third-order valence-corrected chi connectivity index (χ3v) is 3.58. The van der Waals surface area contributed by atoms with E-state index in [-0.39, 0.29) is 10.8 Å². The Bertz CT molecular complexity index is 673. The maximum Gasteiger partial charge on any atom is 0.435 e. The molecule has 1 N–H and O–H groups in total. The van der Waals surface area contributed by atoms with Gasteiger partial charge in [-0.15, -0.1) is 0 Å². The van der Waals surface area contributed by atoms with Gasteiger partial charge in [-0.2, -0.15) is 18.3 Å². The van der Waals surface area contributed by atoms with E-state index >= 15 is 0 Å². The number of carboxylic acids is 1. The lowest BCUT2D eigenvalue weighted by Gasteiger charge is -2.06. The van der Waals surface area contributed by atoms with Gasteiger partial charge < -0.3 is 5.11 Å². The molecule has 1 aromatic carbocycles. The van der Waals surface area contributed by atoms with Gasteiger partial charge in [0, 0.05) is 11.1 Å². The standard InChI is InChI=1S/C12H8ClF3N2O2S/c13-7-2-1-3-8(4-7)18-10(21-6-11(19)20)5-9(17-18)12(14,15)16/h1-5H,6H2,(H,19,20). The molecule has 0 saturated carbocycles. The molecule has 0 unspecified atom stereocenters. The fourth-order valence-electron chi connectivity index (χ4n) is 1.53. The first-order valence-electron chi connectivity index (χ1n) is 5.55. The lowest BCUT2D eigenvalue weighted by Crippen LogP contribution is -2.07. The van der Waals surface area contributed by atoms with Gasteiger partial charge in [0.2, 0.25) is 0 Å². The van der Waals surface area contributed by atoms with E-state index in [1.54, 1.807) is 12.1 Å². The first-order chi connectivity index (χ1) is 9.77. The highest BCUT2D eigenvalue weighted by Gasteiger charge is 2.35. The van der Waals surface area contributed by atoms with Crippen molar-refractivity contribution < 1.29 is 23.1 Å². The summed E-state index contributed by atoms with van der Waals surface area (Å²) in [5.41, 5.74) is -0.763. The van der Waals surface area contributed by atoms with Crippen LogP contribution in [0.15, 0.2) is 35.4 Å². The number of aromatic nitrogens is 2. The highest BCUT2D eigenvalue weighted by molar-refractivity contribution is 7.99. The van der Waals surface area contributed by atoms with Crippen molar-refractivity contribution in [1.29, 1.82) is 0 Å². The second kappa shape index (κ2) is 5.98. The molecule has 0 fully saturated rings. The summed E-state index contributed by atoms with van der Waals surface area (Å²) in [7, 11) is 0. The Hall–Kier alpha value is -1.67. The van der Waals surface area contributed by atoms with Crippen LogP contribution in [-0.4, -0.2) is 26.6 Å². The summed E-state index contributed by atoms with van der Waals surface area (Å²) in [6.45, 7) is 0. The number of halogens is 4. The number of thioether (sulfide) groups is 1. The molecule has 0 bridgehead atoms. The van der Waals surface area contributed by atoms with Gasteiger partial charge in [-0.25, -0.2) is 4.68 Å². The zero-order chi connectivity index (χ0) is 15.6. The van der Waals surface area contributed by atoms with E-state index in [1.165, 1.54) is 12.1 Å². The quantitative estimate of drug-likeness (QED) is 0.865. The van der Waals surface area contributed by atoms with Gasteiger partial charge in [-0.3, -0.25) is 4.79 Å². The highest BCUT2D eigenvalue weighted by atomic mass is 35.5. The van der Waals surface area contributed by atoms with Crippen LogP contribution in [0.3, 0.4) is 0 Å². The third-order valence-electron chi connectivity index (χ3n) is 2.36. The second-order valence-corrected chi connectivity index (χ2v) is 5.37. The maximum absolute atomic E-state index is 12.7. The fourth-order valence-corrected chi connectivity index (χ4v) is 2.45. The summed E-state index contributed by atoms with van der Waals surface area (Å²) in [4.78, 5) is 10.6. The number of nitrogens with zero attached hydrogens (tertiary/aromatic N) is 2. The molecule has 0 radical (unpaired) electrons. The SMILES string of the molecule is O=C(O)CSc1cc(C(F)(F)F)nn1-c1cccc(Cl)c1. The summed E-state index contributed by atoms with van der Waals surface area (Å²) in [6, 6.07) is 6.93. The minimum atomic E-state index is -4.61. The average molecular weight is 337 g/mol. The van der Waals surface area contributed by atoms with Gasteiger partial charge in [0.1, 0.15) is 5.03 Å². The van der Waals surface area contributed by atoms with E-state index in [2.05, 4.69) is 5.10 Å². The summed E-state index contributed by atoms with van der Waals surface area (Å²) >= 11 is 6.56. The molecule has 112 valence electrons. The predicted molar refractivity (Wildman–Crippen MR) is 71.9 cm³/mol. The molecule has 0 spiro atoms. The lowest BCUT2D eigenvalue weighted by molar-refractivity contribution is -0.141. The number of rotatable bonds is 4. The van der Waals surface area contributed by atoms with Gasteiger partial charge >= 0.3 is 12.1 Å². The Morgan fingerprint density at radius 2 is 2.10 bits per heavy atom. The van der Waals surface area contributed by atoms with Gasteiger partial charge in [0.25, 0.3) is 0 Å². The van der Waals surface area contributed by atoms with Gasteiger partial charge in [0.15, 0.2) is 5.69 Å². The zero-order valence-corrected chi connectivity index (χ0v) is 11.8. The van der Waals surface area contributed by atoms with E-state index in [9.17, 15) is 18.0 Å². The van der Waals surface area contributed by atoms with E-state index in [1.807, 2.05) is 0 Å². The van der Waals surface area contributed by atoms with Crippen molar-refractivity contribution >= 4 is 29.3 Å². The van der Waals surface area contributed by atoms with Crippen LogP contribution in [0.1, 0.15) is 5.69 Å². The molecule has 9 heteroatoms. The predicted octanol–water partition coefficient (Wildman–Crippen LogP) is 3.72. The summed E-state index contributed by atoms with van der Waals surface area (Å²) in [5, 5.41) is 12.6. The molecule has 21 heavy (non-hydrogen) atoms. The lowest BCUT2D eigenvalue weighted by atomic mass is 10.3. The Labute approximate surface area is 126 Å². The number of carbonyl (C=O) groups is 1. The third kappa shape index (κ3) is 3.92. The second-order valence-electron chi connectivity index (χ2n) is 3.94. The van der Waals surface area contributed by atoms with Crippen LogP contribution in [0.2, 0.25) is 5.02 Å². The number of hydrogen-bond donors (Lipinski definition) is 1. The molecule has 1 heterocycles. The molecule has 0 aliphatic rings. The number of aliphatic carboxylic acids is 1. The van der Waals surface area contributed by atoms with E-state index in [4.69, 9.17) is 16.7 Å². The van der Waals surface area contributed by atoms with Crippen LogP contribution in [0.5, 0.6) is 0 Å².